The lowest BCUT2D eigenvalue weighted by Crippen LogP contribution is -2.49. The van der Waals surface area contributed by atoms with Crippen LogP contribution in [0.5, 0.6) is 5.75 Å². The summed E-state index contributed by atoms with van der Waals surface area (Å²) in [5.74, 6) is 0.387. The highest BCUT2D eigenvalue weighted by atomic mass is 19.1. The van der Waals surface area contributed by atoms with Crippen molar-refractivity contribution in [1.82, 2.24) is 19.9 Å². The van der Waals surface area contributed by atoms with Crippen molar-refractivity contribution >= 4 is 11.6 Å². The number of benzene rings is 2. The van der Waals surface area contributed by atoms with Crippen LogP contribution in [-0.2, 0) is 0 Å². The van der Waals surface area contributed by atoms with Gasteiger partial charge in [0.15, 0.2) is 5.69 Å². The van der Waals surface area contributed by atoms with Crippen molar-refractivity contribution < 1.29 is 13.9 Å². The van der Waals surface area contributed by atoms with E-state index >= 15 is 0 Å². The lowest BCUT2D eigenvalue weighted by atomic mass is 10.2. The monoisotopic (exact) mass is 395 g/mol. The Morgan fingerprint density at radius 3 is 2.59 bits per heavy atom. The zero-order valence-corrected chi connectivity index (χ0v) is 16.4. The molecule has 4 rings (SSSR count). The maximum Gasteiger partial charge on any atom is 0.276 e. The first kappa shape index (κ1) is 18.9. The lowest BCUT2D eigenvalue weighted by molar-refractivity contribution is 0.0740. The van der Waals surface area contributed by atoms with Gasteiger partial charge in [0.25, 0.3) is 5.91 Å². The van der Waals surface area contributed by atoms with Crippen molar-refractivity contribution in [2.24, 2.45) is 0 Å². The predicted molar refractivity (Wildman–Crippen MR) is 107 cm³/mol. The minimum absolute atomic E-state index is 0.158. The summed E-state index contributed by atoms with van der Waals surface area (Å²) in [5, 5.41) is 8.05. The summed E-state index contributed by atoms with van der Waals surface area (Å²) in [4.78, 5) is 16.8. The summed E-state index contributed by atoms with van der Waals surface area (Å²) < 4.78 is 20.4. The number of piperazine rings is 1. The topological polar surface area (TPSA) is 63.5 Å². The highest BCUT2D eigenvalue weighted by molar-refractivity contribution is 5.92. The molecule has 1 aromatic heterocycles. The Labute approximate surface area is 168 Å². The number of hydrogen-bond acceptors (Lipinski definition) is 5. The number of para-hydroxylation sites is 2. The Morgan fingerprint density at radius 1 is 1.10 bits per heavy atom. The molecule has 0 atom stereocenters. The Kier molecular flexibility index (Phi) is 5.16. The molecule has 0 aliphatic carbocycles. The van der Waals surface area contributed by atoms with Crippen molar-refractivity contribution in [1.29, 1.82) is 0 Å². The average molecular weight is 395 g/mol. The largest absolute Gasteiger partial charge is 0.495 e. The van der Waals surface area contributed by atoms with E-state index in [2.05, 4.69) is 15.2 Å². The molecule has 0 spiro atoms. The van der Waals surface area contributed by atoms with Crippen LogP contribution in [0.2, 0.25) is 0 Å². The molecule has 1 aliphatic heterocycles. The highest BCUT2D eigenvalue weighted by Gasteiger charge is 2.25. The van der Waals surface area contributed by atoms with Gasteiger partial charge in [-0.2, -0.15) is 0 Å². The molecule has 0 bridgehead atoms. The number of methoxy groups -OCH3 is 1. The van der Waals surface area contributed by atoms with Crippen LogP contribution in [0.3, 0.4) is 0 Å². The molecule has 2 heterocycles. The highest BCUT2D eigenvalue weighted by Crippen LogP contribution is 2.28. The molecule has 150 valence electrons. The van der Waals surface area contributed by atoms with Crippen molar-refractivity contribution in [3.63, 3.8) is 0 Å². The van der Waals surface area contributed by atoms with Crippen molar-refractivity contribution in [2.45, 2.75) is 6.92 Å². The minimum Gasteiger partial charge on any atom is -0.495 e. The molecule has 7 nitrogen and oxygen atoms in total. The number of anilines is 1. The second-order valence-corrected chi connectivity index (χ2v) is 6.93. The van der Waals surface area contributed by atoms with Crippen LogP contribution < -0.4 is 9.64 Å². The number of rotatable bonds is 4. The van der Waals surface area contributed by atoms with E-state index in [0.29, 0.717) is 37.4 Å². The van der Waals surface area contributed by atoms with Crippen molar-refractivity contribution in [2.75, 3.05) is 38.2 Å². The second kappa shape index (κ2) is 7.90. The summed E-state index contributed by atoms with van der Waals surface area (Å²) >= 11 is 0. The van der Waals surface area contributed by atoms with Crippen LogP contribution in [-0.4, -0.2) is 59.1 Å². The van der Waals surface area contributed by atoms with Gasteiger partial charge in [-0.3, -0.25) is 4.79 Å². The van der Waals surface area contributed by atoms with Gasteiger partial charge in [-0.15, -0.1) is 5.10 Å². The number of nitrogens with zero attached hydrogens (tertiary/aromatic N) is 5. The first-order chi connectivity index (χ1) is 14.1. The zero-order chi connectivity index (χ0) is 20.4. The molecule has 0 saturated carbocycles. The van der Waals surface area contributed by atoms with Crippen LogP contribution >= 0.6 is 0 Å². The number of ether oxygens (including phenoxy) is 1. The number of carbonyl (C=O) groups is 1. The molecule has 2 aromatic carbocycles. The van der Waals surface area contributed by atoms with E-state index in [1.807, 2.05) is 24.3 Å². The molecule has 29 heavy (non-hydrogen) atoms. The summed E-state index contributed by atoms with van der Waals surface area (Å²) in [7, 11) is 1.66. The van der Waals surface area contributed by atoms with E-state index < -0.39 is 0 Å². The second-order valence-electron chi connectivity index (χ2n) is 6.93. The van der Waals surface area contributed by atoms with E-state index in [4.69, 9.17) is 4.74 Å². The van der Waals surface area contributed by atoms with Crippen molar-refractivity contribution in [3.05, 3.63) is 65.7 Å². The Morgan fingerprint density at radius 2 is 1.86 bits per heavy atom. The van der Waals surface area contributed by atoms with Gasteiger partial charge in [-0.1, -0.05) is 17.3 Å². The van der Waals surface area contributed by atoms with E-state index in [1.165, 1.54) is 10.7 Å². The van der Waals surface area contributed by atoms with Gasteiger partial charge < -0.3 is 14.5 Å². The lowest BCUT2D eigenvalue weighted by Gasteiger charge is -2.36. The Hall–Kier alpha value is -3.42. The SMILES string of the molecule is COc1ccccc1N1CCN(C(=O)c2cn(-c3ccc(F)c(C)c3)nn2)CC1. The summed E-state index contributed by atoms with van der Waals surface area (Å²) in [6.45, 7) is 4.26. The van der Waals surface area contributed by atoms with Gasteiger partial charge in [0.05, 0.1) is 24.7 Å². The minimum atomic E-state index is -0.280. The number of hydrogen-bond donors (Lipinski definition) is 0. The third-order valence-electron chi connectivity index (χ3n) is 5.11. The van der Waals surface area contributed by atoms with E-state index in [1.54, 1.807) is 37.3 Å². The Bertz CT molecular complexity index is 1030. The van der Waals surface area contributed by atoms with Crippen LogP contribution in [0.15, 0.2) is 48.7 Å². The van der Waals surface area contributed by atoms with Crippen molar-refractivity contribution in [3.8, 4) is 11.4 Å². The van der Waals surface area contributed by atoms with Gasteiger partial charge >= 0.3 is 0 Å². The standard InChI is InChI=1S/C21H22FN5O2/c1-15-13-16(7-8-17(15)22)27-14-18(23-24-27)21(28)26-11-9-25(10-12-26)19-5-3-4-6-20(19)29-2/h3-8,13-14H,9-12H2,1-2H3. The van der Waals surface area contributed by atoms with Gasteiger partial charge in [0.1, 0.15) is 11.6 Å². The summed E-state index contributed by atoms with van der Waals surface area (Å²) in [6, 6.07) is 12.5. The van der Waals surface area contributed by atoms with Gasteiger partial charge in [0, 0.05) is 26.2 Å². The molecule has 0 radical (unpaired) electrons. The molecule has 0 N–H and O–H groups in total. The molecule has 0 unspecified atom stereocenters. The quantitative estimate of drug-likeness (QED) is 0.680. The molecule has 1 amide bonds. The number of carbonyl (C=O) groups excluding carboxylic acids is 1. The normalized spacial score (nSPS) is 14.2. The smallest absolute Gasteiger partial charge is 0.276 e. The zero-order valence-electron chi connectivity index (χ0n) is 16.4. The fraction of sp³-hybridized carbons (Fsp3) is 0.286. The van der Waals surface area contributed by atoms with Crippen LogP contribution in [0, 0.1) is 12.7 Å². The van der Waals surface area contributed by atoms with Gasteiger partial charge in [-0.25, -0.2) is 9.07 Å². The molecular weight excluding hydrogens is 373 g/mol. The molecule has 1 aliphatic rings. The molecule has 3 aromatic rings. The fourth-order valence-electron chi connectivity index (χ4n) is 3.46. The fourth-order valence-corrected chi connectivity index (χ4v) is 3.46. The van der Waals surface area contributed by atoms with Gasteiger partial charge in [0.2, 0.25) is 0 Å². The maximum atomic E-state index is 13.5. The third kappa shape index (κ3) is 3.78. The first-order valence-electron chi connectivity index (χ1n) is 9.43. The van der Waals surface area contributed by atoms with Crippen LogP contribution in [0.1, 0.15) is 16.1 Å². The summed E-state index contributed by atoms with van der Waals surface area (Å²) in [6.07, 6.45) is 1.58. The predicted octanol–water partition coefficient (Wildman–Crippen LogP) is 2.69. The van der Waals surface area contributed by atoms with Crippen LogP contribution in [0.4, 0.5) is 10.1 Å². The summed E-state index contributed by atoms with van der Waals surface area (Å²) in [5.41, 5.74) is 2.48. The third-order valence-corrected chi connectivity index (χ3v) is 5.11. The van der Waals surface area contributed by atoms with E-state index in [0.717, 1.165) is 11.4 Å². The molecule has 1 saturated heterocycles. The number of amides is 1. The van der Waals surface area contributed by atoms with E-state index in [9.17, 15) is 9.18 Å². The number of aromatic nitrogens is 3. The molecule has 1 fully saturated rings. The molecular formula is C21H22FN5O2. The van der Waals surface area contributed by atoms with Gasteiger partial charge in [-0.05, 0) is 42.8 Å². The maximum absolute atomic E-state index is 13.5. The Balaban J connectivity index is 1.44. The average Bonchev–Trinajstić information content (AvgIpc) is 3.25. The number of halogens is 1. The number of aryl methyl sites for hydroxylation is 1. The van der Waals surface area contributed by atoms with Crippen LogP contribution in [0.25, 0.3) is 5.69 Å². The first-order valence-corrected chi connectivity index (χ1v) is 9.43. The van der Waals surface area contributed by atoms with E-state index in [-0.39, 0.29) is 17.4 Å². The molecule has 8 heteroatoms.